The van der Waals surface area contributed by atoms with Gasteiger partial charge in [-0.1, -0.05) is 37.3 Å². The number of carbonyl (C=O) groups excluding carboxylic acids is 1. The van der Waals surface area contributed by atoms with Gasteiger partial charge in [0.25, 0.3) is 0 Å². The molecule has 0 bridgehead atoms. The number of aldehydes is 1. The van der Waals surface area contributed by atoms with Crippen LogP contribution in [-0.4, -0.2) is 17.5 Å². The van der Waals surface area contributed by atoms with Crippen LogP contribution in [0.1, 0.15) is 29.3 Å². The highest BCUT2D eigenvalue weighted by Crippen LogP contribution is 2.20. The zero-order valence-corrected chi connectivity index (χ0v) is 13.4. The van der Waals surface area contributed by atoms with Crippen molar-refractivity contribution in [3.05, 3.63) is 65.9 Å². The van der Waals surface area contributed by atoms with Gasteiger partial charge in [-0.25, -0.2) is 0 Å². The highest BCUT2D eigenvalue weighted by Gasteiger charge is 2.06. The van der Waals surface area contributed by atoms with Crippen molar-refractivity contribution in [2.24, 2.45) is 0 Å². The molecule has 1 aromatic heterocycles. The quantitative estimate of drug-likeness (QED) is 0.476. The highest BCUT2D eigenvalue weighted by atomic mass is 16.5. The van der Waals surface area contributed by atoms with E-state index < -0.39 is 0 Å². The fourth-order valence-corrected chi connectivity index (χ4v) is 2.80. The number of rotatable bonds is 7. The van der Waals surface area contributed by atoms with Gasteiger partial charge in [-0.15, -0.1) is 0 Å². The molecule has 3 aromatic rings. The smallest absolute Gasteiger partial charge is 0.152 e. The normalized spacial score (nSPS) is 10.8. The zero-order valence-electron chi connectivity index (χ0n) is 13.4. The molecule has 0 saturated carbocycles. The van der Waals surface area contributed by atoms with Crippen LogP contribution in [0, 0.1) is 0 Å². The molecular weight excluding hydrogens is 286 g/mol. The predicted octanol–water partition coefficient (Wildman–Crippen LogP) is 4.49. The Morgan fingerprint density at radius 1 is 1.09 bits per heavy atom. The largest absolute Gasteiger partial charge is 0.494 e. The summed E-state index contributed by atoms with van der Waals surface area (Å²) in [6.07, 6.45) is 4.78. The van der Waals surface area contributed by atoms with E-state index in [9.17, 15) is 4.79 Å². The molecule has 0 aliphatic carbocycles. The number of ether oxygens (including phenoxy) is 1. The maximum atomic E-state index is 11.2. The first kappa shape index (κ1) is 15.3. The summed E-state index contributed by atoms with van der Waals surface area (Å²) in [5.74, 6) is 0.910. The van der Waals surface area contributed by atoms with Crippen LogP contribution in [0.2, 0.25) is 0 Å². The molecule has 0 spiro atoms. The van der Waals surface area contributed by atoms with Crippen molar-refractivity contribution < 1.29 is 9.53 Å². The average molecular weight is 307 g/mol. The second-order valence-corrected chi connectivity index (χ2v) is 5.61. The van der Waals surface area contributed by atoms with Crippen molar-refractivity contribution in [3.8, 4) is 5.75 Å². The van der Waals surface area contributed by atoms with Crippen LogP contribution in [-0.2, 0) is 13.0 Å². The molecule has 3 heteroatoms. The Morgan fingerprint density at radius 2 is 1.87 bits per heavy atom. The Kier molecular flexibility index (Phi) is 4.77. The number of aryl methyl sites for hydroxylation is 2. The van der Waals surface area contributed by atoms with E-state index >= 15 is 0 Å². The number of hydrogen-bond donors (Lipinski definition) is 0. The Hall–Kier alpha value is -2.55. The van der Waals surface area contributed by atoms with Crippen LogP contribution < -0.4 is 4.74 Å². The van der Waals surface area contributed by atoms with E-state index in [-0.39, 0.29) is 0 Å². The summed E-state index contributed by atoms with van der Waals surface area (Å²) in [5.41, 5.74) is 3.16. The lowest BCUT2D eigenvalue weighted by Gasteiger charge is -2.08. The Bertz CT molecular complexity index is 787. The predicted molar refractivity (Wildman–Crippen MR) is 93.3 cm³/mol. The van der Waals surface area contributed by atoms with E-state index in [4.69, 9.17) is 4.74 Å². The Morgan fingerprint density at radius 3 is 2.61 bits per heavy atom. The van der Waals surface area contributed by atoms with Crippen molar-refractivity contribution >= 4 is 17.2 Å². The lowest BCUT2D eigenvalue weighted by Crippen LogP contribution is -2.03. The molecule has 3 nitrogen and oxygen atoms in total. The Balaban J connectivity index is 1.59. The number of benzene rings is 2. The highest BCUT2D eigenvalue weighted by molar-refractivity contribution is 5.97. The van der Waals surface area contributed by atoms with Crippen molar-refractivity contribution in [2.75, 3.05) is 6.61 Å². The standard InChI is InChI=1S/C20H21NO2/c1-2-16-8-10-18(11-9-16)23-13-5-12-21-14-17(15-22)19-6-3-4-7-20(19)21/h3-4,6-11,14-15H,2,5,12-13H2,1H3. The molecule has 23 heavy (non-hydrogen) atoms. The van der Waals surface area contributed by atoms with E-state index in [0.717, 1.165) is 47.9 Å². The summed E-state index contributed by atoms with van der Waals surface area (Å²) < 4.78 is 7.92. The van der Waals surface area contributed by atoms with Crippen LogP contribution in [0.3, 0.4) is 0 Å². The second-order valence-electron chi connectivity index (χ2n) is 5.61. The van der Waals surface area contributed by atoms with Crippen molar-refractivity contribution in [1.82, 2.24) is 4.57 Å². The summed E-state index contributed by atoms with van der Waals surface area (Å²) in [6, 6.07) is 16.2. The summed E-state index contributed by atoms with van der Waals surface area (Å²) in [7, 11) is 0. The van der Waals surface area contributed by atoms with Crippen LogP contribution in [0.25, 0.3) is 10.9 Å². The molecule has 0 aliphatic rings. The number of para-hydroxylation sites is 1. The number of carbonyl (C=O) groups is 1. The van der Waals surface area contributed by atoms with Gasteiger partial charge in [0.05, 0.1) is 6.61 Å². The van der Waals surface area contributed by atoms with Gasteiger partial charge in [-0.3, -0.25) is 4.79 Å². The molecule has 0 unspecified atom stereocenters. The first-order chi connectivity index (χ1) is 11.3. The molecule has 1 heterocycles. The molecule has 0 aliphatic heterocycles. The molecule has 0 fully saturated rings. The third-order valence-corrected chi connectivity index (χ3v) is 4.09. The lowest BCUT2D eigenvalue weighted by atomic mass is 10.2. The van der Waals surface area contributed by atoms with Gasteiger partial charge in [-0.05, 0) is 36.6 Å². The van der Waals surface area contributed by atoms with Crippen LogP contribution in [0.5, 0.6) is 5.75 Å². The topological polar surface area (TPSA) is 31.2 Å². The van der Waals surface area contributed by atoms with Crippen molar-refractivity contribution in [2.45, 2.75) is 26.3 Å². The SMILES string of the molecule is CCc1ccc(OCCCn2cc(C=O)c3ccccc32)cc1. The summed E-state index contributed by atoms with van der Waals surface area (Å²) in [4.78, 5) is 11.2. The van der Waals surface area contributed by atoms with Crippen LogP contribution in [0.15, 0.2) is 54.7 Å². The summed E-state index contributed by atoms with van der Waals surface area (Å²) in [6.45, 7) is 3.64. The van der Waals surface area contributed by atoms with Gasteiger partial charge in [0.15, 0.2) is 6.29 Å². The van der Waals surface area contributed by atoms with Crippen molar-refractivity contribution in [3.63, 3.8) is 0 Å². The molecule has 2 aromatic carbocycles. The van der Waals surface area contributed by atoms with E-state index in [0.29, 0.717) is 6.61 Å². The Labute approximate surface area is 136 Å². The number of aromatic nitrogens is 1. The molecule has 0 N–H and O–H groups in total. The minimum absolute atomic E-state index is 0.661. The second kappa shape index (κ2) is 7.14. The molecule has 118 valence electrons. The van der Waals surface area contributed by atoms with E-state index in [1.165, 1.54) is 5.56 Å². The van der Waals surface area contributed by atoms with Crippen molar-refractivity contribution in [1.29, 1.82) is 0 Å². The lowest BCUT2D eigenvalue weighted by molar-refractivity contribution is 0.112. The molecule has 0 radical (unpaired) electrons. The first-order valence-corrected chi connectivity index (χ1v) is 8.06. The van der Waals surface area contributed by atoms with Gasteiger partial charge in [-0.2, -0.15) is 0 Å². The molecule has 0 atom stereocenters. The van der Waals surface area contributed by atoms with Crippen LogP contribution in [0.4, 0.5) is 0 Å². The van der Waals surface area contributed by atoms with E-state index in [1.807, 2.05) is 42.6 Å². The zero-order chi connectivity index (χ0) is 16.1. The van der Waals surface area contributed by atoms with Gasteiger partial charge in [0.1, 0.15) is 5.75 Å². The summed E-state index contributed by atoms with van der Waals surface area (Å²) >= 11 is 0. The number of nitrogens with zero attached hydrogens (tertiary/aromatic N) is 1. The van der Waals surface area contributed by atoms with Gasteiger partial charge >= 0.3 is 0 Å². The molecular formula is C20H21NO2. The maximum Gasteiger partial charge on any atom is 0.152 e. The average Bonchev–Trinajstić information content (AvgIpc) is 2.97. The maximum absolute atomic E-state index is 11.2. The molecule has 0 saturated heterocycles. The monoisotopic (exact) mass is 307 g/mol. The van der Waals surface area contributed by atoms with Gasteiger partial charge in [0.2, 0.25) is 0 Å². The first-order valence-electron chi connectivity index (χ1n) is 8.06. The summed E-state index contributed by atoms with van der Waals surface area (Å²) in [5, 5.41) is 1.01. The third kappa shape index (κ3) is 3.45. The third-order valence-electron chi connectivity index (χ3n) is 4.09. The minimum atomic E-state index is 0.661. The number of hydrogen-bond acceptors (Lipinski definition) is 2. The molecule has 0 amide bonds. The minimum Gasteiger partial charge on any atom is -0.494 e. The van der Waals surface area contributed by atoms with Gasteiger partial charge in [0, 0.05) is 29.2 Å². The van der Waals surface area contributed by atoms with Crippen LogP contribution >= 0.6 is 0 Å². The fraction of sp³-hybridized carbons (Fsp3) is 0.250. The van der Waals surface area contributed by atoms with E-state index in [2.05, 4.69) is 23.6 Å². The molecule has 3 rings (SSSR count). The fourth-order valence-electron chi connectivity index (χ4n) is 2.80. The van der Waals surface area contributed by atoms with Gasteiger partial charge < -0.3 is 9.30 Å². The number of fused-ring (bicyclic) bond motifs is 1. The van der Waals surface area contributed by atoms with E-state index in [1.54, 1.807) is 0 Å².